The van der Waals surface area contributed by atoms with Crippen LogP contribution in [0.15, 0.2) is 65.1 Å². The summed E-state index contributed by atoms with van der Waals surface area (Å²) in [7, 11) is 0. The van der Waals surface area contributed by atoms with Crippen molar-refractivity contribution in [3.63, 3.8) is 0 Å². The fourth-order valence-electron chi connectivity index (χ4n) is 3.88. The Labute approximate surface area is 192 Å². The first kappa shape index (κ1) is 21.6. The Morgan fingerprint density at radius 3 is 2.58 bits per heavy atom. The molecule has 4 aromatic rings. The summed E-state index contributed by atoms with van der Waals surface area (Å²) in [6.07, 6.45) is 1.03. The van der Waals surface area contributed by atoms with Crippen LogP contribution >= 0.6 is 15.9 Å². The summed E-state index contributed by atoms with van der Waals surface area (Å²) < 4.78 is 9.13. The third kappa shape index (κ3) is 5.00. The van der Waals surface area contributed by atoms with Gasteiger partial charge in [0, 0.05) is 11.0 Å². The van der Waals surface area contributed by atoms with Gasteiger partial charge in [0.15, 0.2) is 0 Å². The van der Waals surface area contributed by atoms with Crippen LogP contribution in [0.1, 0.15) is 35.0 Å². The van der Waals surface area contributed by atoms with Gasteiger partial charge in [-0.3, -0.25) is 0 Å². The molecule has 0 unspecified atom stereocenters. The summed E-state index contributed by atoms with van der Waals surface area (Å²) in [6.45, 7) is 8.18. The molecule has 0 amide bonds. The number of nitrogens with zero attached hydrogens (tertiary/aromatic N) is 2. The summed E-state index contributed by atoms with van der Waals surface area (Å²) in [5, 5.41) is 3.61. The number of nitrogens with one attached hydrogen (secondary N) is 1. The molecule has 0 bridgehead atoms. The summed E-state index contributed by atoms with van der Waals surface area (Å²) in [5.41, 5.74) is 8.22. The number of aryl methyl sites for hydroxylation is 3. The van der Waals surface area contributed by atoms with Crippen LogP contribution in [0.5, 0.6) is 0 Å². The van der Waals surface area contributed by atoms with Crippen LogP contribution in [0.2, 0.25) is 0 Å². The molecule has 0 fully saturated rings. The lowest BCUT2D eigenvalue weighted by atomic mass is 10.0. The summed E-state index contributed by atoms with van der Waals surface area (Å²) in [5.74, 6) is 0.939. The number of rotatable bonds is 8. The first-order valence-corrected chi connectivity index (χ1v) is 11.4. The van der Waals surface area contributed by atoms with Crippen molar-refractivity contribution < 1.29 is 4.74 Å². The van der Waals surface area contributed by atoms with Gasteiger partial charge in [0.05, 0.1) is 17.8 Å². The smallest absolute Gasteiger partial charge is 0.125 e. The summed E-state index contributed by atoms with van der Waals surface area (Å²) in [4.78, 5) is 4.85. The van der Waals surface area contributed by atoms with Crippen LogP contribution < -0.4 is 5.32 Å². The van der Waals surface area contributed by atoms with Crippen LogP contribution in [0, 0.1) is 13.8 Å². The fraction of sp³-hybridized carbons (Fsp3) is 0.269. The van der Waals surface area contributed by atoms with Gasteiger partial charge in [0.1, 0.15) is 18.1 Å². The average molecular weight is 478 g/mol. The number of ether oxygens (including phenoxy) is 1. The van der Waals surface area contributed by atoms with E-state index >= 15 is 0 Å². The van der Waals surface area contributed by atoms with Crippen molar-refractivity contribution in [2.75, 3.05) is 5.32 Å². The molecule has 0 saturated heterocycles. The molecular weight excluding hydrogens is 450 g/mol. The molecule has 0 atom stereocenters. The molecule has 5 heteroatoms. The lowest BCUT2D eigenvalue weighted by Gasteiger charge is -2.13. The number of benzene rings is 3. The standard InChI is InChI=1S/C26H28BrN3O/c1-4-21-12-18(2)10-11-22(21)15-28-24-13-23(27)14-25-26(24)29-19(3)30(25)17-31-16-20-8-6-5-7-9-20/h5-14,28H,4,15-17H2,1-3H3. The van der Waals surface area contributed by atoms with E-state index in [1.54, 1.807) is 0 Å². The largest absolute Gasteiger partial charge is 0.379 e. The lowest BCUT2D eigenvalue weighted by molar-refractivity contribution is 0.0652. The second-order valence-electron chi connectivity index (χ2n) is 7.85. The number of hydrogen-bond acceptors (Lipinski definition) is 3. The fourth-order valence-corrected chi connectivity index (χ4v) is 4.32. The maximum absolute atomic E-state index is 5.99. The zero-order valence-corrected chi connectivity index (χ0v) is 19.9. The molecule has 0 aliphatic rings. The van der Waals surface area contributed by atoms with Crippen molar-refractivity contribution in [1.29, 1.82) is 0 Å². The Balaban J connectivity index is 1.55. The topological polar surface area (TPSA) is 39.1 Å². The number of fused-ring (bicyclic) bond motifs is 1. The predicted molar refractivity (Wildman–Crippen MR) is 131 cm³/mol. The van der Waals surface area contributed by atoms with Gasteiger partial charge in [-0.2, -0.15) is 0 Å². The molecule has 1 N–H and O–H groups in total. The molecule has 160 valence electrons. The molecule has 4 nitrogen and oxygen atoms in total. The van der Waals surface area contributed by atoms with Crippen molar-refractivity contribution in [2.24, 2.45) is 0 Å². The van der Waals surface area contributed by atoms with Crippen molar-refractivity contribution in [3.8, 4) is 0 Å². The zero-order valence-electron chi connectivity index (χ0n) is 18.3. The molecule has 0 aliphatic heterocycles. The van der Waals surface area contributed by atoms with E-state index in [9.17, 15) is 0 Å². The van der Waals surface area contributed by atoms with E-state index in [1.807, 2.05) is 25.1 Å². The minimum absolute atomic E-state index is 0.463. The van der Waals surface area contributed by atoms with Crippen LogP contribution in [0.4, 0.5) is 5.69 Å². The normalized spacial score (nSPS) is 11.2. The summed E-state index contributed by atoms with van der Waals surface area (Å²) in [6, 6.07) is 21.1. The number of aromatic nitrogens is 2. The van der Waals surface area contributed by atoms with Gasteiger partial charge in [-0.05, 0) is 49.1 Å². The van der Waals surface area contributed by atoms with E-state index in [-0.39, 0.29) is 0 Å². The Bertz CT molecular complexity index is 1180. The van der Waals surface area contributed by atoms with E-state index in [1.165, 1.54) is 16.7 Å². The van der Waals surface area contributed by atoms with Crippen LogP contribution in [0.3, 0.4) is 0 Å². The van der Waals surface area contributed by atoms with Crippen molar-refractivity contribution in [1.82, 2.24) is 9.55 Å². The number of halogens is 1. The molecule has 1 heterocycles. The molecule has 1 aromatic heterocycles. The highest BCUT2D eigenvalue weighted by Crippen LogP contribution is 2.30. The minimum atomic E-state index is 0.463. The Morgan fingerprint density at radius 2 is 1.81 bits per heavy atom. The van der Waals surface area contributed by atoms with Crippen molar-refractivity contribution in [2.45, 2.75) is 47.1 Å². The van der Waals surface area contributed by atoms with Crippen molar-refractivity contribution in [3.05, 3.63) is 93.2 Å². The molecule has 0 radical (unpaired) electrons. The van der Waals surface area contributed by atoms with E-state index < -0.39 is 0 Å². The second kappa shape index (κ2) is 9.67. The summed E-state index contributed by atoms with van der Waals surface area (Å²) >= 11 is 3.67. The zero-order chi connectivity index (χ0) is 21.8. The Morgan fingerprint density at radius 1 is 1.00 bits per heavy atom. The van der Waals surface area contributed by atoms with Crippen LogP contribution in [-0.4, -0.2) is 9.55 Å². The Kier molecular flexibility index (Phi) is 6.73. The van der Waals surface area contributed by atoms with Gasteiger partial charge < -0.3 is 14.6 Å². The lowest BCUT2D eigenvalue weighted by Crippen LogP contribution is -2.05. The molecule has 3 aromatic carbocycles. The SMILES string of the molecule is CCc1cc(C)ccc1CNc1cc(Br)cc2c1nc(C)n2COCc1ccccc1. The maximum Gasteiger partial charge on any atom is 0.125 e. The van der Waals surface area contributed by atoms with Crippen LogP contribution in [-0.2, 0) is 31.0 Å². The van der Waals surface area contributed by atoms with Gasteiger partial charge in [-0.15, -0.1) is 0 Å². The molecule has 0 aliphatic carbocycles. The van der Waals surface area contributed by atoms with Gasteiger partial charge in [0.25, 0.3) is 0 Å². The van der Waals surface area contributed by atoms with Crippen molar-refractivity contribution >= 4 is 32.7 Å². The molecule has 0 saturated carbocycles. The highest BCUT2D eigenvalue weighted by atomic mass is 79.9. The van der Waals surface area contributed by atoms with Gasteiger partial charge >= 0.3 is 0 Å². The molecular formula is C26H28BrN3O. The Hall–Kier alpha value is -2.63. The third-order valence-electron chi connectivity index (χ3n) is 5.55. The maximum atomic E-state index is 5.99. The number of imidazole rings is 1. The highest BCUT2D eigenvalue weighted by molar-refractivity contribution is 9.10. The van der Waals surface area contributed by atoms with E-state index in [0.717, 1.165) is 45.5 Å². The predicted octanol–water partition coefficient (Wildman–Crippen LogP) is 6.76. The molecule has 0 spiro atoms. The number of hydrogen-bond donors (Lipinski definition) is 1. The third-order valence-corrected chi connectivity index (χ3v) is 6.01. The highest BCUT2D eigenvalue weighted by Gasteiger charge is 2.13. The van der Waals surface area contributed by atoms with E-state index in [4.69, 9.17) is 9.72 Å². The van der Waals surface area contributed by atoms with E-state index in [2.05, 4.69) is 82.1 Å². The minimum Gasteiger partial charge on any atom is -0.379 e. The first-order chi connectivity index (χ1) is 15.0. The van der Waals surface area contributed by atoms with Crippen LogP contribution in [0.25, 0.3) is 11.0 Å². The molecule has 4 rings (SSSR count). The monoisotopic (exact) mass is 477 g/mol. The van der Waals surface area contributed by atoms with Gasteiger partial charge in [0.2, 0.25) is 0 Å². The second-order valence-corrected chi connectivity index (χ2v) is 8.77. The van der Waals surface area contributed by atoms with E-state index in [0.29, 0.717) is 13.3 Å². The van der Waals surface area contributed by atoms with Gasteiger partial charge in [-0.1, -0.05) is 76.9 Å². The molecule has 31 heavy (non-hydrogen) atoms. The average Bonchev–Trinajstić information content (AvgIpc) is 3.08. The first-order valence-electron chi connectivity index (χ1n) is 10.7. The number of anilines is 1. The van der Waals surface area contributed by atoms with Gasteiger partial charge in [-0.25, -0.2) is 4.98 Å². The quantitative estimate of drug-likeness (QED) is 0.304.